The van der Waals surface area contributed by atoms with Crippen LogP contribution in [0.1, 0.15) is 34.1 Å². The number of carbonyl (C=O) groups is 2. The van der Waals surface area contributed by atoms with E-state index < -0.39 is 0 Å². The van der Waals surface area contributed by atoms with Gasteiger partial charge in [-0.15, -0.1) is 0 Å². The maximum atomic E-state index is 10.8. The average Bonchev–Trinajstić information content (AvgIpc) is 1.84. The molecule has 70 valence electrons. The molecule has 0 aromatic heterocycles. The summed E-state index contributed by atoms with van der Waals surface area (Å²) in [6.07, 6.45) is 0.441. The van der Waals surface area contributed by atoms with Crippen LogP contribution in [0.15, 0.2) is 0 Å². The first-order valence-electron chi connectivity index (χ1n) is 4.11. The molecule has 12 heavy (non-hydrogen) atoms. The Labute approximate surface area is 73.1 Å². The van der Waals surface area contributed by atoms with Gasteiger partial charge in [-0.25, -0.2) is 0 Å². The summed E-state index contributed by atoms with van der Waals surface area (Å²) in [6.45, 7) is 6.54. The minimum absolute atomic E-state index is 0.0284. The number of Topliss-reactive ketones (excluding diaryl/α,β-unsaturated/α-hetero) is 1. The van der Waals surface area contributed by atoms with E-state index in [1.807, 2.05) is 6.92 Å². The number of esters is 1. The van der Waals surface area contributed by atoms with Crippen molar-refractivity contribution < 1.29 is 14.3 Å². The summed E-state index contributed by atoms with van der Waals surface area (Å²) >= 11 is 0. The smallest absolute Gasteiger partial charge is 0.302 e. The van der Waals surface area contributed by atoms with E-state index in [1.54, 1.807) is 13.8 Å². The van der Waals surface area contributed by atoms with E-state index in [2.05, 4.69) is 0 Å². The van der Waals surface area contributed by atoms with Gasteiger partial charge < -0.3 is 4.74 Å². The Balaban J connectivity index is 3.76. The highest BCUT2D eigenvalue weighted by Crippen LogP contribution is 2.09. The van der Waals surface area contributed by atoms with Crippen LogP contribution in [0.5, 0.6) is 0 Å². The number of ketones is 1. The first kappa shape index (κ1) is 11.1. The van der Waals surface area contributed by atoms with Gasteiger partial charge in [0, 0.05) is 12.8 Å². The SMILES string of the molecule is CC(=O)O[C@H](C)C[C@@H](C)C(C)=O. The van der Waals surface area contributed by atoms with Crippen LogP contribution in [-0.2, 0) is 14.3 Å². The second-order valence-electron chi connectivity index (χ2n) is 3.17. The van der Waals surface area contributed by atoms with Crippen LogP contribution in [0.25, 0.3) is 0 Å². The minimum atomic E-state index is -0.293. The lowest BCUT2D eigenvalue weighted by Crippen LogP contribution is -2.18. The van der Waals surface area contributed by atoms with Crippen LogP contribution in [0.4, 0.5) is 0 Å². The molecule has 0 aliphatic rings. The van der Waals surface area contributed by atoms with E-state index in [-0.39, 0.29) is 23.8 Å². The monoisotopic (exact) mass is 172 g/mol. The molecule has 0 heterocycles. The number of hydrogen-bond acceptors (Lipinski definition) is 3. The predicted octanol–water partition coefficient (Wildman–Crippen LogP) is 1.55. The molecule has 2 atom stereocenters. The quantitative estimate of drug-likeness (QED) is 0.604. The van der Waals surface area contributed by atoms with Gasteiger partial charge in [0.15, 0.2) is 0 Å². The largest absolute Gasteiger partial charge is 0.463 e. The lowest BCUT2D eigenvalue weighted by atomic mass is 10.0. The normalized spacial score (nSPS) is 15.0. The molecular formula is C9H16O3. The summed E-state index contributed by atoms with van der Waals surface area (Å²) in [5, 5.41) is 0. The molecule has 0 radical (unpaired) electrons. The maximum absolute atomic E-state index is 10.8. The van der Waals surface area contributed by atoms with Crippen LogP contribution in [0.3, 0.4) is 0 Å². The van der Waals surface area contributed by atoms with Gasteiger partial charge in [0.25, 0.3) is 0 Å². The summed E-state index contributed by atoms with van der Waals surface area (Å²) in [4.78, 5) is 21.3. The lowest BCUT2D eigenvalue weighted by Gasteiger charge is -2.14. The molecule has 0 aliphatic heterocycles. The zero-order valence-electron chi connectivity index (χ0n) is 8.09. The number of hydrogen-bond donors (Lipinski definition) is 0. The average molecular weight is 172 g/mol. The summed E-state index contributed by atoms with van der Waals surface area (Å²) in [5.41, 5.74) is 0. The van der Waals surface area contributed by atoms with Gasteiger partial charge in [-0.2, -0.15) is 0 Å². The van der Waals surface area contributed by atoms with Crippen molar-refractivity contribution in [3.05, 3.63) is 0 Å². The molecule has 0 unspecified atom stereocenters. The molecule has 0 saturated heterocycles. The third kappa shape index (κ3) is 4.88. The zero-order chi connectivity index (χ0) is 9.72. The van der Waals surface area contributed by atoms with Crippen LogP contribution in [0, 0.1) is 5.92 Å². The molecule has 0 N–H and O–H groups in total. The summed E-state index contributed by atoms with van der Waals surface area (Å²) in [5.74, 6) is -0.188. The Hall–Kier alpha value is -0.860. The lowest BCUT2D eigenvalue weighted by molar-refractivity contribution is -0.146. The van der Waals surface area contributed by atoms with Gasteiger partial charge in [-0.1, -0.05) is 6.92 Å². The predicted molar refractivity (Wildman–Crippen MR) is 45.7 cm³/mol. The van der Waals surface area contributed by atoms with Gasteiger partial charge in [-0.3, -0.25) is 9.59 Å². The molecular weight excluding hydrogens is 156 g/mol. The second-order valence-corrected chi connectivity index (χ2v) is 3.17. The van der Waals surface area contributed by atoms with Crippen molar-refractivity contribution in [2.24, 2.45) is 5.92 Å². The third-order valence-corrected chi connectivity index (χ3v) is 1.75. The number of carbonyl (C=O) groups excluding carboxylic acids is 2. The molecule has 3 heteroatoms. The third-order valence-electron chi connectivity index (χ3n) is 1.75. The van der Waals surface area contributed by atoms with Crippen LogP contribution in [0.2, 0.25) is 0 Å². The fourth-order valence-corrected chi connectivity index (χ4v) is 0.995. The number of ether oxygens (including phenoxy) is 1. The molecule has 3 nitrogen and oxygen atoms in total. The number of rotatable bonds is 4. The van der Waals surface area contributed by atoms with E-state index >= 15 is 0 Å². The molecule has 0 spiro atoms. The Morgan fingerprint density at radius 3 is 2.08 bits per heavy atom. The van der Waals surface area contributed by atoms with Crippen molar-refractivity contribution in [2.75, 3.05) is 0 Å². The fraction of sp³-hybridized carbons (Fsp3) is 0.778. The van der Waals surface area contributed by atoms with E-state index in [4.69, 9.17) is 4.74 Å². The molecule has 0 fully saturated rings. The van der Waals surface area contributed by atoms with Crippen LogP contribution >= 0.6 is 0 Å². The Morgan fingerprint density at radius 1 is 1.25 bits per heavy atom. The van der Waals surface area contributed by atoms with Crippen molar-refractivity contribution in [3.8, 4) is 0 Å². The van der Waals surface area contributed by atoms with Gasteiger partial charge in [0.2, 0.25) is 0 Å². The van der Waals surface area contributed by atoms with E-state index in [1.165, 1.54) is 6.92 Å². The van der Waals surface area contributed by atoms with Gasteiger partial charge in [0.1, 0.15) is 5.78 Å². The zero-order valence-corrected chi connectivity index (χ0v) is 8.09. The molecule has 0 amide bonds. The van der Waals surface area contributed by atoms with Crippen molar-refractivity contribution in [1.82, 2.24) is 0 Å². The topological polar surface area (TPSA) is 43.4 Å². The molecule has 0 bridgehead atoms. The van der Waals surface area contributed by atoms with Gasteiger partial charge >= 0.3 is 5.97 Å². The van der Waals surface area contributed by atoms with Crippen molar-refractivity contribution in [2.45, 2.75) is 40.2 Å². The molecule has 0 aromatic carbocycles. The van der Waals surface area contributed by atoms with Crippen molar-refractivity contribution >= 4 is 11.8 Å². The Bertz CT molecular complexity index is 175. The highest BCUT2D eigenvalue weighted by molar-refractivity contribution is 5.77. The first-order valence-corrected chi connectivity index (χ1v) is 4.11. The van der Waals surface area contributed by atoms with E-state index in [9.17, 15) is 9.59 Å². The van der Waals surface area contributed by atoms with Gasteiger partial charge in [0.05, 0.1) is 6.10 Å². The van der Waals surface area contributed by atoms with Gasteiger partial charge in [-0.05, 0) is 20.3 Å². The minimum Gasteiger partial charge on any atom is -0.463 e. The highest BCUT2D eigenvalue weighted by atomic mass is 16.5. The van der Waals surface area contributed by atoms with Crippen LogP contribution < -0.4 is 0 Å². The summed E-state index contributed by atoms with van der Waals surface area (Å²) < 4.78 is 4.88. The standard InChI is InChI=1S/C9H16O3/c1-6(8(3)10)5-7(2)12-9(4)11/h6-7H,5H2,1-4H3/t6-,7-/m1/s1. The second kappa shape index (κ2) is 4.91. The van der Waals surface area contributed by atoms with Crippen molar-refractivity contribution in [3.63, 3.8) is 0 Å². The van der Waals surface area contributed by atoms with Crippen molar-refractivity contribution in [1.29, 1.82) is 0 Å². The molecule has 0 aliphatic carbocycles. The molecule has 0 aromatic rings. The fourth-order valence-electron chi connectivity index (χ4n) is 0.995. The molecule has 0 rings (SSSR count). The summed E-state index contributed by atoms with van der Waals surface area (Å²) in [7, 11) is 0. The first-order chi connectivity index (χ1) is 5.43. The Kier molecular flexibility index (Phi) is 4.55. The van der Waals surface area contributed by atoms with Crippen LogP contribution in [-0.4, -0.2) is 17.9 Å². The molecule has 0 saturated carbocycles. The van der Waals surface area contributed by atoms with E-state index in [0.717, 1.165) is 0 Å². The highest BCUT2D eigenvalue weighted by Gasteiger charge is 2.13. The maximum Gasteiger partial charge on any atom is 0.302 e. The van der Waals surface area contributed by atoms with E-state index in [0.29, 0.717) is 6.42 Å². The summed E-state index contributed by atoms with van der Waals surface area (Å²) in [6, 6.07) is 0. The Morgan fingerprint density at radius 2 is 1.75 bits per heavy atom.